The summed E-state index contributed by atoms with van der Waals surface area (Å²) < 4.78 is 5.24. The first-order valence-electron chi connectivity index (χ1n) is 6.28. The van der Waals surface area contributed by atoms with Crippen molar-refractivity contribution in [3.8, 4) is 27.9 Å². The van der Waals surface area contributed by atoms with Gasteiger partial charge in [-0.05, 0) is 49.2 Å². The molecule has 2 aromatic heterocycles. The summed E-state index contributed by atoms with van der Waals surface area (Å²) in [6.07, 6.45) is 0.790. The van der Waals surface area contributed by atoms with E-state index >= 15 is 0 Å². The minimum atomic E-state index is 0.274. The van der Waals surface area contributed by atoms with Gasteiger partial charge in [0.1, 0.15) is 5.75 Å². The third kappa shape index (κ3) is 2.45. The van der Waals surface area contributed by atoms with Gasteiger partial charge in [-0.2, -0.15) is 4.98 Å². The maximum atomic E-state index is 10.7. The van der Waals surface area contributed by atoms with Crippen LogP contribution in [0.15, 0.2) is 28.8 Å². The van der Waals surface area contributed by atoms with Crippen molar-refractivity contribution in [2.24, 2.45) is 0 Å². The normalized spacial score (nSPS) is 10.8. The molecule has 1 N–H and O–H groups in total. The lowest BCUT2D eigenvalue weighted by Crippen LogP contribution is -1.86. The molecule has 6 heteroatoms. The lowest BCUT2D eigenvalue weighted by atomic mass is 10.1. The third-order valence-electron chi connectivity index (χ3n) is 3.13. The quantitative estimate of drug-likeness (QED) is 0.748. The standard InChI is InChI=1S/C15H12N2O3S/c1-8-5-10(6-9(2)13(8)19)14-16-15(20-17-14)12-4-3-11(7-18)21-12/h3-7,19H,1-2H3. The summed E-state index contributed by atoms with van der Waals surface area (Å²) in [5.74, 6) is 1.11. The molecule has 0 aliphatic heterocycles. The Morgan fingerprint density at radius 3 is 2.57 bits per heavy atom. The molecule has 0 aliphatic carbocycles. The van der Waals surface area contributed by atoms with Crippen molar-refractivity contribution < 1.29 is 14.4 Å². The molecule has 21 heavy (non-hydrogen) atoms. The van der Waals surface area contributed by atoms with Gasteiger partial charge in [0.2, 0.25) is 5.82 Å². The van der Waals surface area contributed by atoms with Crippen LogP contribution in [0.1, 0.15) is 20.8 Å². The first kappa shape index (κ1) is 13.5. The first-order chi connectivity index (χ1) is 10.1. The molecule has 106 valence electrons. The summed E-state index contributed by atoms with van der Waals surface area (Å²) in [6, 6.07) is 7.11. The second-order valence-corrected chi connectivity index (χ2v) is 5.82. The Morgan fingerprint density at radius 2 is 1.95 bits per heavy atom. The number of aromatic hydroxyl groups is 1. The fraction of sp³-hybridized carbons (Fsp3) is 0.133. The van der Waals surface area contributed by atoms with E-state index in [1.807, 2.05) is 26.0 Å². The van der Waals surface area contributed by atoms with Gasteiger partial charge in [-0.3, -0.25) is 4.79 Å². The predicted molar refractivity (Wildman–Crippen MR) is 79.6 cm³/mol. The van der Waals surface area contributed by atoms with Crippen molar-refractivity contribution in [1.29, 1.82) is 0 Å². The molecular weight excluding hydrogens is 288 g/mol. The van der Waals surface area contributed by atoms with E-state index in [-0.39, 0.29) is 5.75 Å². The number of nitrogens with zero attached hydrogens (tertiary/aromatic N) is 2. The molecule has 1 aromatic carbocycles. The van der Waals surface area contributed by atoms with Gasteiger partial charge in [-0.25, -0.2) is 0 Å². The molecule has 0 unspecified atom stereocenters. The predicted octanol–water partition coefficient (Wildman–Crippen LogP) is 3.60. The number of benzene rings is 1. The van der Waals surface area contributed by atoms with Gasteiger partial charge >= 0.3 is 0 Å². The Hall–Kier alpha value is -2.47. The largest absolute Gasteiger partial charge is 0.507 e. The maximum absolute atomic E-state index is 10.7. The number of thiophene rings is 1. The molecule has 0 radical (unpaired) electrons. The van der Waals surface area contributed by atoms with Gasteiger partial charge in [0.15, 0.2) is 6.29 Å². The van der Waals surface area contributed by atoms with Crippen LogP contribution >= 0.6 is 11.3 Å². The van der Waals surface area contributed by atoms with Crippen molar-refractivity contribution in [3.63, 3.8) is 0 Å². The molecule has 0 atom stereocenters. The Bertz CT molecular complexity index is 797. The molecule has 3 aromatic rings. The smallest absolute Gasteiger partial charge is 0.268 e. The summed E-state index contributed by atoms with van der Waals surface area (Å²) in [4.78, 5) is 16.4. The Kier molecular flexibility index (Phi) is 3.31. The van der Waals surface area contributed by atoms with Gasteiger partial charge in [0.05, 0.1) is 9.75 Å². The summed E-state index contributed by atoms with van der Waals surface area (Å²) >= 11 is 1.30. The lowest BCUT2D eigenvalue weighted by molar-refractivity contribution is 0.112. The number of hydrogen-bond donors (Lipinski definition) is 1. The van der Waals surface area contributed by atoms with Crippen molar-refractivity contribution in [3.05, 3.63) is 40.3 Å². The second kappa shape index (κ2) is 5.14. The van der Waals surface area contributed by atoms with E-state index < -0.39 is 0 Å². The molecule has 3 rings (SSSR count). The topological polar surface area (TPSA) is 76.2 Å². The molecule has 2 heterocycles. The zero-order valence-electron chi connectivity index (χ0n) is 11.5. The number of carbonyl (C=O) groups is 1. The number of hydrogen-bond acceptors (Lipinski definition) is 6. The van der Waals surface area contributed by atoms with Crippen molar-refractivity contribution >= 4 is 17.6 Å². The van der Waals surface area contributed by atoms with Crippen LogP contribution in [0.2, 0.25) is 0 Å². The second-order valence-electron chi connectivity index (χ2n) is 4.70. The van der Waals surface area contributed by atoms with Crippen LogP contribution in [-0.4, -0.2) is 21.5 Å². The van der Waals surface area contributed by atoms with Crippen LogP contribution in [0.25, 0.3) is 22.2 Å². The molecule has 0 fully saturated rings. The van der Waals surface area contributed by atoms with Gasteiger partial charge in [0.25, 0.3) is 5.89 Å². The summed E-state index contributed by atoms with van der Waals surface area (Å²) in [5.41, 5.74) is 2.30. The van der Waals surface area contributed by atoms with E-state index in [1.165, 1.54) is 11.3 Å². The highest BCUT2D eigenvalue weighted by Gasteiger charge is 2.14. The van der Waals surface area contributed by atoms with E-state index in [9.17, 15) is 9.90 Å². The summed E-state index contributed by atoms with van der Waals surface area (Å²) in [6.45, 7) is 3.64. The van der Waals surface area contributed by atoms with Gasteiger partial charge in [-0.15, -0.1) is 11.3 Å². The number of aromatic nitrogens is 2. The Balaban J connectivity index is 2.00. The molecule has 0 saturated heterocycles. The summed E-state index contributed by atoms with van der Waals surface area (Å²) in [5, 5.41) is 13.8. The van der Waals surface area contributed by atoms with E-state index in [4.69, 9.17) is 4.52 Å². The van der Waals surface area contributed by atoms with Crippen LogP contribution in [0, 0.1) is 13.8 Å². The number of rotatable bonds is 3. The van der Waals surface area contributed by atoms with Gasteiger partial charge in [0, 0.05) is 5.56 Å². The Labute approximate surface area is 124 Å². The average Bonchev–Trinajstić information content (AvgIpc) is 3.12. The first-order valence-corrected chi connectivity index (χ1v) is 7.10. The zero-order valence-corrected chi connectivity index (χ0v) is 12.3. The van der Waals surface area contributed by atoms with E-state index in [0.29, 0.717) is 16.6 Å². The van der Waals surface area contributed by atoms with Crippen LogP contribution in [0.4, 0.5) is 0 Å². The molecule has 0 amide bonds. The monoisotopic (exact) mass is 300 g/mol. The van der Waals surface area contributed by atoms with Crippen LogP contribution in [0.3, 0.4) is 0 Å². The molecule has 0 spiro atoms. The minimum Gasteiger partial charge on any atom is -0.507 e. The molecule has 0 saturated carbocycles. The fourth-order valence-corrected chi connectivity index (χ4v) is 2.80. The number of phenolic OH excluding ortho intramolecular Hbond substituents is 1. The number of aryl methyl sites for hydroxylation is 2. The molecule has 5 nitrogen and oxygen atoms in total. The van der Waals surface area contributed by atoms with Crippen molar-refractivity contribution in [2.45, 2.75) is 13.8 Å². The highest BCUT2D eigenvalue weighted by Crippen LogP contribution is 2.30. The van der Waals surface area contributed by atoms with Crippen LogP contribution < -0.4 is 0 Å². The van der Waals surface area contributed by atoms with Gasteiger partial charge < -0.3 is 9.63 Å². The number of aldehydes is 1. The average molecular weight is 300 g/mol. The van der Waals surface area contributed by atoms with Crippen molar-refractivity contribution in [2.75, 3.05) is 0 Å². The molecule has 0 aliphatic rings. The zero-order chi connectivity index (χ0) is 15.0. The van der Waals surface area contributed by atoms with Crippen LogP contribution in [0.5, 0.6) is 5.75 Å². The summed E-state index contributed by atoms with van der Waals surface area (Å²) in [7, 11) is 0. The van der Waals surface area contributed by atoms with E-state index in [1.54, 1.807) is 12.1 Å². The maximum Gasteiger partial charge on any atom is 0.268 e. The lowest BCUT2D eigenvalue weighted by Gasteiger charge is -2.04. The molecule has 0 bridgehead atoms. The fourth-order valence-electron chi connectivity index (χ4n) is 2.06. The molecular formula is C15H12N2O3S. The van der Waals surface area contributed by atoms with Crippen molar-refractivity contribution in [1.82, 2.24) is 10.1 Å². The van der Waals surface area contributed by atoms with Crippen LogP contribution in [-0.2, 0) is 0 Å². The third-order valence-corrected chi connectivity index (χ3v) is 4.13. The Morgan fingerprint density at radius 1 is 1.24 bits per heavy atom. The number of phenols is 1. The van der Waals surface area contributed by atoms with E-state index in [2.05, 4.69) is 10.1 Å². The SMILES string of the molecule is Cc1cc(-c2noc(-c3ccc(C=O)s3)n2)cc(C)c1O. The minimum absolute atomic E-state index is 0.274. The van der Waals surface area contributed by atoms with Gasteiger partial charge in [-0.1, -0.05) is 5.16 Å². The highest BCUT2D eigenvalue weighted by molar-refractivity contribution is 7.16. The number of carbonyl (C=O) groups excluding carboxylic acids is 1. The highest BCUT2D eigenvalue weighted by atomic mass is 32.1. The van der Waals surface area contributed by atoms with E-state index in [0.717, 1.165) is 27.9 Å².